The molecular formula is C9H15Cl2Hf-. The van der Waals surface area contributed by atoms with Crippen LogP contribution in [0, 0.1) is 11.5 Å². The maximum Gasteiger partial charge on any atom is 0 e. The predicted octanol–water partition coefficient (Wildman–Crippen LogP) is 3.56. The van der Waals surface area contributed by atoms with Crippen molar-refractivity contribution in [3.05, 3.63) is 23.8 Å². The van der Waals surface area contributed by atoms with Gasteiger partial charge in [0.1, 0.15) is 0 Å². The minimum Gasteiger partial charge on any atom is -0.269 e. The fourth-order valence-electron chi connectivity index (χ4n) is 0.920. The maximum absolute atomic E-state index is 3.30. The average molecular weight is 373 g/mol. The van der Waals surface area contributed by atoms with Crippen molar-refractivity contribution in [1.29, 1.82) is 0 Å². The minimum absolute atomic E-state index is 0. The van der Waals surface area contributed by atoms with Gasteiger partial charge in [0, 0.05) is 25.8 Å². The first kappa shape index (κ1) is 18.7. The molecule has 0 amide bonds. The second kappa shape index (κ2) is 7.34. The first-order chi connectivity index (χ1) is 4.11. The second-order valence-electron chi connectivity index (χ2n) is 3.45. The molecule has 0 aromatic carbocycles. The van der Waals surface area contributed by atoms with Crippen molar-refractivity contribution in [2.45, 2.75) is 27.2 Å². The molecule has 70 valence electrons. The second-order valence-corrected chi connectivity index (χ2v) is 3.45. The molecule has 0 aromatic heterocycles. The quantitative estimate of drug-likeness (QED) is 0.450. The van der Waals surface area contributed by atoms with Gasteiger partial charge in [0.15, 0.2) is 0 Å². The molecule has 0 saturated carbocycles. The molecule has 0 aromatic rings. The Kier molecular flexibility index (Phi) is 11.4. The van der Waals surface area contributed by atoms with Crippen molar-refractivity contribution < 1.29 is 25.8 Å². The average Bonchev–Trinajstić information content (AvgIpc) is 2.08. The minimum atomic E-state index is 0. The zero-order valence-electron chi connectivity index (χ0n) is 7.68. The van der Waals surface area contributed by atoms with E-state index in [0.29, 0.717) is 5.41 Å². The van der Waals surface area contributed by atoms with Gasteiger partial charge in [0.05, 0.1) is 0 Å². The van der Waals surface area contributed by atoms with Crippen molar-refractivity contribution >= 4 is 24.8 Å². The Morgan fingerprint density at radius 1 is 1.25 bits per heavy atom. The Morgan fingerprint density at radius 3 is 1.92 bits per heavy atom. The summed E-state index contributed by atoms with van der Waals surface area (Å²) in [7, 11) is 0. The molecule has 0 radical (unpaired) electrons. The van der Waals surface area contributed by atoms with E-state index in [2.05, 4.69) is 39.0 Å². The fraction of sp³-hybridized carbons (Fsp3) is 0.556. The molecule has 0 nitrogen and oxygen atoms in total. The largest absolute Gasteiger partial charge is 0.269 e. The molecule has 12 heavy (non-hydrogen) atoms. The van der Waals surface area contributed by atoms with Gasteiger partial charge in [-0.2, -0.15) is 6.08 Å². The molecule has 0 saturated heterocycles. The van der Waals surface area contributed by atoms with E-state index >= 15 is 0 Å². The van der Waals surface area contributed by atoms with E-state index in [0.717, 1.165) is 6.42 Å². The summed E-state index contributed by atoms with van der Waals surface area (Å²) >= 11 is 0. The van der Waals surface area contributed by atoms with Gasteiger partial charge in [-0.1, -0.05) is 20.8 Å². The molecule has 1 aliphatic rings. The van der Waals surface area contributed by atoms with Crippen LogP contribution in [0.25, 0.3) is 0 Å². The van der Waals surface area contributed by atoms with Crippen LogP contribution < -0.4 is 0 Å². The zero-order chi connectivity index (χ0) is 6.91. The number of rotatable bonds is 0. The van der Waals surface area contributed by atoms with Gasteiger partial charge in [0.2, 0.25) is 0 Å². The van der Waals surface area contributed by atoms with Gasteiger partial charge in [0.25, 0.3) is 0 Å². The summed E-state index contributed by atoms with van der Waals surface area (Å²) in [5, 5.41) is 0. The molecular weight excluding hydrogens is 357 g/mol. The smallest absolute Gasteiger partial charge is 0 e. The predicted molar refractivity (Wildman–Crippen MR) is 54.5 cm³/mol. The summed E-state index contributed by atoms with van der Waals surface area (Å²) in [6, 6.07) is 0. The van der Waals surface area contributed by atoms with Crippen LogP contribution in [0.4, 0.5) is 0 Å². The first-order valence-electron chi connectivity index (χ1n) is 3.38. The summed E-state index contributed by atoms with van der Waals surface area (Å²) in [4.78, 5) is 0. The third-order valence-corrected chi connectivity index (χ3v) is 1.50. The molecule has 0 fully saturated rings. The van der Waals surface area contributed by atoms with E-state index in [-0.39, 0.29) is 50.7 Å². The van der Waals surface area contributed by atoms with Crippen LogP contribution in [0.15, 0.2) is 17.7 Å². The third kappa shape index (κ3) is 5.55. The van der Waals surface area contributed by atoms with Crippen LogP contribution in [0.2, 0.25) is 0 Å². The van der Waals surface area contributed by atoms with Crippen molar-refractivity contribution in [3.8, 4) is 0 Å². The third-order valence-electron chi connectivity index (χ3n) is 1.50. The number of allylic oxidation sites excluding steroid dienone is 4. The fourth-order valence-corrected chi connectivity index (χ4v) is 0.920. The van der Waals surface area contributed by atoms with E-state index in [4.69, 9.17) is 0 Å². The molecule has 0 spiro atoms. The van der Waals surface area contributed by atoms with Crippen LogP contribution in [-0.4, -0.2) is 0 Å². The molecule has 0 heterocycles. The Balaban J connectivity index is -0.000000270. The van der Waals surface area contributed by atoms with E-state index in [1.807, 2.05) is 0 Å². The molecule has 1 aliphatic carbocycles. The molecule has 1 rings (SSSR count). The Labute approximate surface area is 106 Å². The van der Waals surface area contributed by atoms with Crippen molar-refractivity contribution in [3.63, 3.8) is 0 Å². The molecule has 0 N–H and O–H groups in total. The summed E-state index contributed by atoms with van der Waals surface area (Å²) < 4.78 is 0. The van der Waals surface area contributed by atoms with Crippen LogP contribution in [0.3, 0.4) is 0 Å². The molecule has 0 unspecified atom stereocenters. The normalized spacial score (nSPS) is 13.8. The zero-order valence-corrected chi connectivity index (χ0v) is 12.9. The summed E-state index contributed by atoms with van der Waals surface area (Å²) in [6.07, 6.45) is 8.63. The van der Waals surface area contributed by atoms with Crippen LogP contribution in [0.5, 0.6) is 0 Å². The standard InChI is InChI=1S/C9H13.2ClH.Hf/c1-9(2,3)8-6-4-5-7-8;;;/h4,6H,5H2,1-3H3;2*1H;/q-1;;;. The number of hydrogen-bond donors (Lipinski definition) is 0. The van der Waals surface area contributed by atoms with E-state index in [1.54, 1.807) is 0 Å². The summed E-state index contributed by atoms with van der Waals surface area (Å²) in [5.41, 5.74) is 1.65. The van der Waals surface area contributed by atoms with Crippen LogP contribution >= 0.6 is 24.8 Å². The van der Waals surface area contributed by atoms with Crippen LogP contribution in [-0.2, 0) is 25.8 Å². The summed E-state index contributed by atoms with van der Waals surface area (Å²) in [6.45, 7) is 6.64. The van der Waals surface area contributed by atoms with E-state index in [1.165, 1.54) is 5.57 Å². The first-order valence-corrected chi connectivity index (χ1v) is 3.38. The summed E-state index contributed by atoms with van der Waals surface area (Å²) in [5.74, 6) is 0. The van der Waals surface area contributed by atoms with Crippen molar-refractivity contribution in [2.24, 2.45) is 5.41 Å². The van der Waals surface area contributed by atoms with Gasteiger partial charge < -0.3 is 0 Å². The molecule has 3 heteroatoms. The van der Waals surface area contributed by atoms with E-state index < -0.39 is 0 Å². The SMILES string of the molecule is CC(C)(C)C1=[C-]CC=C1.Cl.Cl.[Hf]. The topological polar surface area (TPSA) is 0 Å². The number of hydrogen-bond acceptors (Lipinski definition) is 0. The Hall–Kier alpha value is 0.930. The molecule has 0 atom stereocenters. The Morgan fingerprint density at radius 2 is 1.75 bits per heavy atom. The van der Waals surface area contributed by atoms with E-state index in [9.17, 15) is 0 Å². The van der Waals surface area contributed by atoms with Gasteiger partial charge in [-0.3, -0.25) is 6.08 Å². The van der Waals surface area contributed by atoms with Gasteiger partial charge in [-0.05, 0) is 5.41 Å². The Bertz CT molecular complexity index is 166. The monoisotopic (exact) mass is 373 g/mol. The number of halogens is 2. The van der Waals surface area contributed by atoms with Crippen molar-refractivity contribution in [1.82, 2.24) is 0 Å². The van der Waals surface area contributed by atoms with Crippen LogP contribution in [0.1, 0.15) is 27.2 Å². The van der Waals surface area contributed by atoms with Gasteiger partial charge in [-0.15, -0.1) is 31.2 Å². The van der Waals surface area contributed by atoms with Gasteiger partial charge in [-0.25, -0.2) is 11.6 Å². The molecule has 0 bridgehead atoms. The maximum atomic E-state index is 3.30. The van der Waals surface area contributed by atoms with Gasteiger partial charge >= 0.3 is 0 Å². The van der Waals surface area contributed by atoms with Crippen molar-refractivity contribution in [2.75, 3.05) is 0 Å². The molecule has 0 aliphatic heterocycles.